The van der Waals surface area contributed by atoms with E-state index >= 15 is 0 Å². The molecular formula is C38H46N4O9S. The molecule has 3 amide bonds. The smallest absolute Gasteiger partial charge is 0.416 e. The number of rotatable bonds is 12. The Morgan fingerprint density at radius 1 is 0.904 bits per heavy atom. The van der Waals surface area contributed by atoms with E-state index in [1.165, 1.54) is 31.3 Å². The molecule has 4 unspecified atom stereocenters. The number of amides is 3. The standard InChI is InChI=1S/C38H46N4O9S/c1-21(2)52-24(5)20-51-38(46)42-29-16-34(32(48-7)14-27(29)36(44)41-19-23(4)12-30(41)37(42)45)50-10-8-9-49-33-15-28-26(13-31(33)47-6)35(43)40-18-22(3)11-25(40)17-39-28/h13-17,21,24-25,30,37,45H,3-4,8-12,18-20H2,1-2,5-7H3. The summed E-state index contributed by atoms with van der Waals surface area (Å²) in [7, 11) is 2.98. The van der Waals surface area contributed by atoms with E-state index in [1.807, 2.05) is 6.92 Å². The number of hydrogen-bond acceptors (Lipinski definition) is 11. The van der Waals surface area contributed by atoms with Gasteiger partial charge in [-0.05, 0) is 37.1 Å². The Balaban J connectivity index is 1.18. The zero-order chi connectivity index (χ0) is 37.3. The first-order chi connectivity index (χ1) is 24.9. The predicted octanol–water partition coefficient (Wildman–Crippen LogP) is 5.61. The van der Waals surface area contributed by atoms with Gasteiger partial charge in [0.2, 0.25) is 0 Å². The van der Waals surface area contributed by atoms with Crippen molar-refractivity contribution in [1.82, 2.24) is 9.80 Å². The van der Waals surface area contributed by atoms with Gasteiger partial charge < -0.3 is 38.6 Å². The van der Waals surface area contributed by atoms with Crippen LogP contribution in [0.15, 0.2) is 53.6 Å². The lowest BCUT2D eigenvalue weighted by molar-refractivity contribution is 0.0491. The Labute approximate surface area is 308 Å². The number of ether oxygens (including phenoxy) is 5. The van der Waals surface area contributed by atoms with Crippen molar-refractivity contribution in [2.45, 2.75) is 68.8 Å². The molecule has 2 aromatic carbocycles. The van der Waals surface area contributed by atoms with Gasteiger partial charge >= 0.3 is 6.09 Å². The number of fused-ring (bicyclic) bond motifs is 4. The third-order valence-electron chi connectivity index (χ3n) is 9.33. The van der Waals surface area contributed by atoms with Gasteiger partial charge in [-0.25, -0.2) is 9.69 Å². The summed E-state index contributed by atoms with van der Waals surface area (Å²) < 4.78 is 29.1. The third kappa shape index (κ3) is 7.45. The average molecular weight is 735 g/mol. The van der Waals surface area contributed by atoms with Gasteiger partial charge in [0.15, 0.2) is 29.2 Å². The predicted molar refractivity (Wildman–Crippen MR) is 199 cm³/mol. The molecule has 4 heterocycles. The van der Waals surface area contributed by atoms with E-state index in [0.717, 1.165) is 16.0 Å². The lowest BCUT2D eigenvalue weighted by Crippen LogP contribution is -2.51. The van der Waals surface area contributed by atoms with Crippen LogP contribution in [0.4, 0.5) is 16.2 Å². The van der Waals surface area contributed by atoms with Crippen molar-refractivity contribution in [3.8, 4) is 23.0 Å². The fraction of sp³-hybridized carbons (Fsp3) is 0.474. The highest BCUT2D eigenvalue weighted by Gasteiger charge is 2.46. The summed E-state index contributed by atoms with van der Waals surface area (Å²) in [5.41, 5.74) is 3.05. The molecule has 52 heavy (non-hydrogen) atoms. The van der Waals surface area contributed by atoms with Crippen LogP contribution in [0.5, 0.6) is 23.0 Å². The molecule has 0 bridgehead atoms. The minimum Gasteiger partial charge on any atom is -0.493 e. The van der Waals surface area contributed by atoms with Crippen molar-refractivity contribution >= 4 is 47.3 Å². The number of anilines is 1. The van der Waals surface area contributed by atoms with Crippen LogP contribution >= 0.6 is 11.8 Å². The van der Waals surface area contributed by atoms with Crippen molar-refractivity contribution in [1.29, 1.82) is 0 Å². The van der Waals surface area contributed by atoms with Crippen LogP contribution in [0.1, 0.15) is 60.7 Å². The molecule has 13 nitrogen and oxygen atoms in total. The Morgan fingerprint density at radius 3 is 2.19 bits per heavy atom. The molecule has 0 aliphatic carbocycles. The second-order valence-electron chi connectivity index (χ2n) is 13.6. The van der Waals surface area contributed by atoms with Gasteiger partial charge in [-0.2, -0.15) is 11.8 Å². The molecule has 0 radical (unpaired) electrons. The zero-order valence-corrected chi connectivity index (χ0v) is 31.1. The van der Waals surface area contributed by atoms with Crippen molar-refractivity contribution in [3.63, 3.8) is 0 Å². The van der Waals surface area contributed by atoms with E-state index in [2.05, 4.69) is 32.0 Å². The number of nitrogens with zero attached hydrogens (tertiary/aromatic N) is 4. The Morgan fingerprint density at radius 2 is 1.52 bits per heavy atom. The molecule has 6 rings (SSSR count). The number of aliphatic imine (C=N–C) groups is 1. The first-order valence-corrected chi connectivity index (χ1v) is 18.3. The molecule has 0 saturated carbocycles. The number of carbonyl (C=O) groups is 3. The SMILES string of the molecule is C=C1CC2C=Nc3cc(OCCCOc4cc5c(cc4OC)C(=O)N4CC(=C)CC4C(O)N5C(=O)OCC(C)SC(C)C)c(OC)cc3C(=O)N2C1. The Hall–Kier alpha value is -4.69. The summed E-state index contributed by atoms with van der Waals surface area (Å²) in [5.74, 6) is 0.911. The first kappa shape index (κ1) is 37.1. The molecule has 2 fully saturated rings. The van der Waals surface area contributed by atoms with Crippen molar-refractivity contribution in [2.75, 3.05) is 52.0 Å². The Kier molecular flexibility index (Phi) is 11.1. The Bertz CT molecular complexity index is 1800. The lowest BCUT2D eigenvalue weighted by Gasteiger charge is -2.31. The zero-order valence-electron chi connectivity index (χ0n) is 30.3. The molecule has 0 aromatic heterocycles. The number of aliphatic hydroxyl groups is 1. The number of aliphatic hydroxyl groups excluding tert-OH is 1. The van der Waals surface area contributed by atoms with Gasteiger partial charge in [0.25, 0.3) is 11.8 Å². The van der Waals surface area contributed by atoms with Gasteiger partial charge in [0, 0.05) is 43.1 Å². The molecule has 4 aliphatic rings. The summed E-state index contributed by atoms with van der Waals surface area (Å²) >= 11 is 1.67. The third-order valence-corrected chi connectivity index (χ3v) is 10.5. The van der Waals surface area contributed by atoms with Gasteiger partial charge in [-0.15, -0.1) is 0 Å². The molecule has 1 N–H and O–H groups in total. The number of hydrogen-bond donors (Lipinski definition) is 1. The number of methoxy groups -OCH3 is 2. The van der Waals surface area contributed by atoms with Crippen LogP contribution in [0.2, 0.25) is 0 Å². The van der Waals surface area contributed by atoms with E-state index in [9.17, 15) is 19.5 Å². The molecule has 4 atom stereocenters. The summed E-state index contributed by atoms with van der Waals surface area (Å²) in [5, 5.41) is 12.0. The topological polar surface area (TPSA) is 140 Å². The molecule has 4 aliphatic heterocycles. The summed E-state index contributed by atoms with van der Waals surface area (Å²) in [6.07, 6.45) is 1.08. The van der Waals surface area contributed by atoms with Crippen molar-refractivity contribution in [2.24, 2.45) is 4.99 Å². The summed E-state index contributed by atoms with van der Waals surface area (Å²) in [6.45, 7) is 15.5. The molecule has 2 aromatic rings. The molecule has 278 valence electrons. The minimum absolute atomic E-state index is 0.0217. The fourth-order valence-corrected chi connectivity index (χ4v) is 8.05. The summed E-state index contributed by atoms with van der Waals surface area (Å²) in [6, 6.07) is 5.60. The number of benzene rings is 2. The summed E-state index contributed by atoms with van der Waals surface area (Å²) in [4.78, 5) is 49.9. The van der Waals surface area contributed by atoms with Crippen LogP contribution < -0.4 is 23.8 Å². The van der Waals surface area contributed by atoms with Crippen LogP contribution in [-0.2, 0) is 4.74 Å². The van der Waals surface area contributed by atoms with Gasteiger partial charge in [-0.3, -0.25) is 14.6 Å². The number of carbonyl (C=O) groups excluding carboxylic acids is 3. The number of thioether (sulfide) groups is 1. The van der Waals surface area contributed by atoms with E-state index in [-0.39, 0.29) is 72.2 Å². The molecular weight excluding hydrogens is 689 g/mol. The molecule has 2 saturated heterocycles. The van der Waals surface area contributed by atoms with E-state index in [1.54, 1.807) is 35.0 Å². The molecule has 0 spiro atoms. The first-order valence-electron chi connectivity index (χ1n) is 17.4. The second kappa shape index (κ2) is 15.5. The monoisotopic (exact) mass is 734 g/mol. The van der Waals surface area contributed by atoms with Gasteiger partial charge in [0.05, 0.1) is 62.0 Å². The van der Waals surface area contributed by atoms with Gasteiger partial charge in [-0.1, -0.05) is 38.2 Å². The minimum atomic E-state index is -1.38. The van der Waals surface area contributed by atoms with Crippen LogP contribution in [0, 0.1) is 0 Å². The van der Waals surface area contributed by atoms with Crippen molar-refractivity contribution < 1.29 is 43.2 Å². The van der Waals surface area contributed by atoms with E-state index in [4.69, 9.17) is 23.7 Å². The van der Waals surface area contributed by atoms with E-state index in [0.29, 0.717) is 53.8 Å². The van der Waals surface area contributed by atoms with Crippen LogP contribution in [0.3, 0.4) is 0 Å². The molecule has 14 heteroatoms. The average Bonchev–Trinajstić information content (AvgIpc) is 3.65. The van der Waals surface area contributed by atoms with E-state index < -0.39 is 18.4 Å². The quantitative estimate of drug-likeness (QED) is 0.216. The highest BCUT2D eigenvalue weighted by atomic mass is 32.2. The maximum absolute atomic E-state index is 13.9. The fourth-order valence-electron chi connectivity index (χ4n) is 6.98. The maximum atomic E-state index is 13.9. The highest BCUT2D eigenvalue weighted by Crippen LogP contribution is 2.42. The van der Waals surface area contributed by atoms with Crippen molar-refractivity contribution in [3.05, 3.63) is 59.7 Å². The normalized spacial score (nSPS) is 21.3. The van der Waals surface area contributed by atoms with Crippen LogP contribution in [0.25, 0.3) is 0 Å². The maximum Gasteiger partial charge on any atom is 0.416 e. The highest BCUT2D eigenvalue weighted by molar-refractivity contribution is 8.00. The second-order valence-corrected chi connectivity index (χ2v) is 15.7. The van der Waals surface area contributed by atoms with Crippen LogP contribution in [-0.4, -0.2) is 115 Å². The largest absolute Gasteiger partial charge is 0.493 e. The van der Waals surface area contributed by atoms with Gasteiger partial charge in [0.1, 0.15) is 6.61 Å². The lowest BCUT2D eigenvalue weighted by atomic mass is 10.1.